The third kappa shape index (κ3) is 6.46. The van der Waals surface area contributed by atoms with Crippen LogP contribution >= 0.6 is 0 Å². The van der Waals surface area contributed by atoms with Gasteiger partial charge in [0.25, 0.3) is 0 Å². The van der Waals surface area contributed by atoms with E-state index in [9.17, 15) is 9.59 Å². The van der Waals surface area contributed by atoms with Crippen molar-refractivity contribution in [3.05, 3.63) is 59.7 Å². The van der Waals surface area contributed by atoms with Crippen LogP contribution in [0.4, 0.5) is 5.69 Å². The molecule has 0 saturated carbocycles. The lowest BCUT2D eigenvalue weighted by Gasteiger charge is -2.11. The van der Waals surface area contributed by atoms with E-state index in [0.29, 0.717) is 36.8 Å². The maximum Gasteiger partial charge on any atom is 0.248 e. The average molecular weight is 382 g/mol. The van der Waals surface area contributed by atoms with E-state index >= 15 is 0 Å². The van der Waals surface area contributed by atoms with Crippen LogP contribution in [0.5, 0.6) is 11.5 Å². The van der Waals surface area contributed by atoms with Crippen molar-refractivity contribution in [3.63, 3.8) is 0 Å². The summed E-state index contributed by atoms with van der Waals surface area (Å²) < 4.78 is 11.1. The fourth-order valence-corrected chi connectivity index (χ4v) is 2.51. The van der Waals surface area contributed by atoms with Gasteiger partial charge in [-0.3, -0.25) is 9.59 Å². The van der Waals surface area contributed by atoms with Crippen LogP contribution in [0.3, 0.4) is 0 Å². The molecule has 28 heavy (non-hydrogen) atoms. The van der Waals surface area contributed by atoms with Gasteiger partial charge < -0.3 is 20.1 Å². The summed E-state index contributed by atoms with van der Waals surface area (Å²) in [4.78, 5) is 23.5. The van der Waals surface area contributed by atoms with Gasteiger partial charge in [-0.25, -0.2) is 0 Å². The molecule has 0 bridgehead atoms. The van der Waals surface area contributed by atoms with Crippen LogP contribution in [0.2, 0.25) is 0 Å². The molecule has 0 atom stereocenters. The first-order valence-corrected chi connectivity index (χ1v) is 9.24. The van der Waals surface area contributed by atoms with Gasteiger partial charge in [-0.2, -0.15) is 0 Å². The molecular weight excluding hydrogens is 356 g/mol. The zero-order valence-corrected chi connectivity index (χ0v) is 16.5. The number of rotatable bonds is 9. The standard InChI is InChI=1S/C22H26N2O4/c1-4-27-19-12-8-16(14-20(19)28-5-2)9-13-21(25)24-18-10-6-17(7-11-18)15-22(26)23-3/h6-14H,4-5,15H2,1-3H3,(H,23,26)(H,24,25)/b13-9+. The molecule has 2 aromatic carbocycles. The number of ether oxygens (including phenoxy) is 2. The van der Waals surface area contributed by atoms with Gasteiger partial charge in [0.15, 0.2) is 11.5 Å². The summed E-state index contributed by atoms with van der Waals surface area (Å²) in [7, 11) is 1.60. The molecule has 0 heterocycles. The Morgan fingerprint density at radius 3 is 2.29 bits per heavy atom. The highest BCUT2D eigenvalue weighted by molar-refractivity contribution is 6.02. The van der Waals surface area contributed by atoms with Crippen LogP contribution in [0.15, 0.2) is 48.5 Å². The van der Waals surface area contributed by atoms with Gasteiger partial charge in [-0.15, -0.1) is 0 Å². The number of carbonyl (C=O) groups excluding carboxylic acids is 2. The van der Waals surface area contributed by atoms with Crippen LogP contribution < -0.4 is 20.1 Å². The molecule has 0 saturated heterocycles. The first-order chi connectivity index (χ1) is 13.5. The number of carbonyl (C=O) groups is 2. The minimum absolute atomic E-state index is 0.0542. The Bertz CT molecular complexity index is 829. The largest absolute Gasteiger partial charge is 0.490 e. The fraction of sp³-hybridized carbons (Fsp3) is 0.273. The second kappa shape index (κ2) is 10.8. The maximum absolute atomic E-state index is 12.2. The predicted molar refractivity (Wildman–Crippen MR) is 111 cm³/mol. The molecule has 2 rings (SSSR count). The van der Waals surface area contributed by atoms with E-state index in [-0.39, 0.29) is 11.8 Å². The lowest BCUT2D eigenvalue weighted by molar-refractivity contribution is -0.120. The van der Waals surface area contributed by atoms with Crippen molar-refractivity contribution in [1.82, 2.24) is 5.32 Å². The first kappa shape index (κ1) is 21.0. The van der Waals surface area contributed by atoms with Crippen LogP contribution in [0.1, 0.15) is 25.0 Å². The van der Waals surface area contributed by atoms with Crippen molar-refractivity contribution in [2.45, 2.75) is 20.3 Å². The van der Waals surface area contributed by atoms with E-state index in [1.54, 1.807) is 25.3 Å². The van der Waals surface area contributed by atoms with E-state index < -0.39 is 0 Å². The number of nitrogens with one attached hydrogen (secondary N) is 2. The van der Waals surface area contributed by atoms with Crippen LogP contribution in [-0.2, 0) is 16.0 Å². The number of likely N-dealkylation sites (N-methyl/N-ethyl adjacent to an activating group) is 1. The molecular formula is C22H26N2O4. The van der Waals surface area contributed by atoms with Gasteiger partial charge in [-0.1, -0.05) is 18.2 Å². The Hall–Kier alpha value is -3.28. The fourth-order valence-electron chi connectivity index (χ4n) is 2.51. The molecule has 0 aromatic heterocycles. The molecule has 6 heteroatoms. The summed E-state index contributed by atoms with van der Waals surface area (Å²) in [5.74, 6) is 1.04. The molecule has 2 amide bonds. The third-order valence-electron chi connectivity index (χ3n) is 3.86. The van der Waals surface area contributed by atoms with Crippen LogP contribution in [0.25, 0.3) is 6.08 Å². The second-order valence-corrected chi connectivity index (χ2v) is 5.94. The first-order valence-electron chi connectivity index (χ1n) is 9.24. The Kier molecular flexibility index (Phi) is 8.09. The quantitative estimate of drug-likeness (QED) is 0.652. The van der Waals surface area contributed by atoms with Crippen molar-refractivity contribution in [2.24, 2.45) is 0 Å². The van der Waals surface area contributed by atoms with Crippen LogP contribution in [-0.4, -0.2) is 32.1 Å². The zero-order valence-electron chi connectivity index (χ0n) is 16.5. The molecule has 148 valence electrons. The molecule has 0 spiro atoms. The topological polar surface area (TPSA) is 76.7 Å². The van der Waals surface area contributed by atoms with Crippen molar-refractivity contribution < 1.29 is 19.1 Å². The molecule has 0 aliphatic carbocycles. The summed E-state index contributed by atoms with van der Waals surface area (Å²) in [6, 6.07) is 12.7. The van der Waals surface area contributed by atoms with Gasteiger partial charge in [-0.05, 0) is 55.3 Å². The zero-order chi connectivity index (χ0) is 20.4. The van der Waals surface area contributed by atoms with E-state index in [1.165, 1.54) is 6.08 Å². The molecule has 2 aromatic rings. The number of anilines is 1. The SMILES string of the molecule is CCOc1ccc(/C=C/C(=O)Nc2ccc(CC(=O)NC)cc2)cc1OCC. The number of hydrogen-bond acceptors (Lipinski definition) is 4. The summed E-state index contributed by atoms with van der Waals surface area (Å²) in [6.45, 7) is 4.91. The minimum Gasteiger partial charge on any atom is -0.490 e. The third-order valence-corrected chi connectivity index (χ3v) is 3.86. The van der Waals surface area contributed by atoms with Gasteiger partial charge in [0.2, 0.25) is 11.8 Å². The Labute approximate surface area is 165 Å². The summed E-state index contributed by atoms with van der Waals surface area (Å²) >= 11 is 0. The summed E-state index contributed by atoms with van der Waals surface area (Å²) in [5, 5.41) is 5.38. The second-order valence-electron chi connectivity index (χ2n) is 5.94. The normalized spacial score (nSPS) is 10.5. The van der Waals surface area contributed by atoms with E-state index in [4.69, 9.17) is 9.47 Å². The number of amides is 2. The highest BCUT2D eigenvalue weighted by Crippen LogP contribution is 2.29. The molecule has 0 aliphatic heterocycles. The number of benzene rings is 2. The Morgan fingerprint density at radius 1 is 0.964 bits per heavy atom. The van der Waals surface area contributed by atoms with Crippen molar-refractivity contribution in [1.29, 1.82) is 0 Å². The lowest BCUT2D eigenvalue weighted by Crippen LogP contribution is -2.19. The Morgan fingerprint density at radius 2 is 1.64 bits per heavy atom. The monoisotopic (exact) mass is 382 g/mol. The van der Waals surface area contributed by atoms with Crippen molar-refractivity contribution in [2.75, 3.05) is 25.6 Å². The van der Waals surface area contributed by atoms with Crippen LogP contribution in [0, 0.1) is 0 Å². The van der Waals surface area contributed by atoms with E-state index in [2.05, 4.69) is 10.6 Å². The molecule has 0 unspecified atom stereocenters. The van der Waals surface area contributed by atoms with Gasteiger partial charge >= 0.3 is 0 Å². The molecule has 0 aliphatic rings. The van der Waals surface area contributed by atoms with Gasteiger partial charge in [0, 0.05) is 18.8 Å². The predicted octanol–water partition coefficient (Wildman–Crippen LogP) is 3.42. The average Bonchev–Trinajstić information content (AvgIpc) is 2.70. The molecule has 6 nitrogen and oxygen atoms in total. The maximum atomic E-state index is 12.2. The van der Waals surface area contributed by atoms with Crippen molar-refractivity contribution in [3.8, 4) is 11.5 Å². The molecule has 0 radical (unpaired) electrons. The van der Waals surface area contributed by atoms with Crippen molar-refractivity contribution >= 4 is 23.6 Å². The molecule has 0 fully saturated rings. The Balaban J connectivity index is 1.99. The lowest BCUT2D eigenvalue weighted by atomic mass is 10.1. The summed E-state index contributed by atoms with van der Waals surface area (Å²) in [6.07, 6.45) is 3.49. The number of hydrogen-bond donors (Lipinski definition) is 2. The highest BCUT2D eigenvalue weighted by atomic mass is 16.5. The highest BCUT2D eigenvalue weighted by Gasteiger charge is 2.06. The molecule has 2 N–H and O–H groups in total. The minimum atomic E-state index is -0.245. The smallest absolute Gasteiger partial charge is 0.248 e. The van der Waals surface area contributed by atoms with Gasteiger partial charge in [0.05, 0.1) is 19.6 Å². The van der Waals surface area contributed by atoms with E-state index in [1.807, 2.05) is 44.2 Å². The van der Waals surface area contributed by atoms with Gasteiger partial charge in [0.1, 0.15) is 0 Å². The van der Waals surface area contributed by atoms with E-state index in [0.717, 1.165) is 11.1 Å². The summed E-state index contributed by atoms with van der Waals surface area (Å²) in [5.41, 5.74) is 2.38.